The van der Waals surface area contributed by atoms with Gasteiger partial charge in [0, 0.05) is 18.7 Å². The monoisotopic (exact) mass is 307 g/mol. The fourth-order valence-corrected chi connectivity index (χ4v) is 2.71. The number of carboxylic acid groups (broad SMARTS) is 1. The van der Waals surface area contributed by atoms with Crippen LogP contribution in [0.1, 0.15) is 25.3 Å². The molecule has 1 aromatic carbocycles. The number of hydrogen-bond acceptors (Lipinski definition) is 4. The van der Waals surface area contributed by atoms with E-state index in [2.05, 4.69) is 11.0 Å². The summed E-state index contributed by atoms with van der Waals surface area (Å²) in [5.41, 5.74) is 1.15. The maximum atomic E-state index is 11.0. The lowest BCUT2D eigenvalue weighted by molar-refractivity contribution is -0.143. The van der Waals surface area contributed by atoms with E-state index in [-0.39, 0.29) is 5.92 Å². The fraction of sp³-hybridized carbons (Fsp3) is 0.588. The molecule has 0 atom stereocenters. The van der Waals surface area contributed by atoms with Gasteiger partial charge in [0.05, 0.1) is 12.5 Å². The van der Waals surface area contributed by atoms with Gasteiger partial charge < -0.3 is 14.6 Å². The van der Waals surface area contributed by atoms with Crippen molar-refractivity contribution in [3.8, 4) is 5.75 Å². The van der Waals surface area contributed by atoms with Crippen molar-refractivity contribution < 1.29 is 19.4 Å². The predicted molar refractivity (Wildman–Crippen MR) is 84.1 cm³/mol. The van der Waals surface area contributed by atoms with Crippen molar-refractivity contribution in [2.24, 2.45) is 5.92 Å². The maximum absolute atomic E-state index is 11.0. The Bertz CT molecular complexity index is 469. The van der Waals surface area contributed by atoms with Gasteiger partial charge in [0.25, 0.3) is 0 Å². The van der Waals surface area contributed by atoms with Gasteiger partial charge in [-0.05, 0) is 38.9 Å². The van der Waals surface area contributed by atoms with Crippen LogP contribution in [0.25, 0.3) is 0 Å². The van der Waals surface area contributed by atoms with Gasteiger partial charge in [-0.1, -0.05) is 18.2 Å². The van der Waals surface area contributed by atoms with Crippen LogP contribution in [0.15, 0.2) is 24.3 Å². The van der Waals surface area contributed by atoms with Crippen molar-refractivity contribution in [1.29, 1.82) is 0 Å². The highest BCUT2D eigenvalue weighted by atomic mass is 16.5. The predicted octanol–water partition coefficient (Wildman–Crippen LogP) is 2.40. The molecule has 22 heavy (non-hydrogen) atoms. The van der Waals surface area contributed by atoms with Gasteiger partial charge in [0.15, 0.2) is 0 Å². The Morgan fingerprint density at radius 2 is 2.00 bits per heavy atom. The number of ether oxygens (including phenoxy) is 2. The SMILES string of the molecule is CCOCCOc1ccccc1CN1CCC(C(=O)O)CC1. The van der Waals surface area contributed by atoms with Gasteiger partial charge >= 0.3 is 5.97 Å². The molecule has 0 radical (unpaired) electrons. The molecule has 1 N–H and O–H groups in total. The number of hydrogen-bond donors (Lipinski definition) is 1. The zero-order valence-corrected chi connectivity index (χ0v) is 13.2. The van der Waals surface area contributed by atoms with Crippen LogP contribution in [0.5, 0.6) is 5.75 Å². The number of likely N-dealkylation sites (tertiary alicyclic amines) is 1. The molecule has 0 saturated carbocycles. The zero-order chi connectivity index (χ0) is 15.8. The normalized spacial score (nSPS) is 16.6. The first-order valence-corrected chi connectivity index (χ1v) is 7.94. The number of benzene rings is 1. The Labute approximate surface area is 131 Å². The quantitative estimate of drug-likeness (QED) is 0.747. The van der Waals surface area contributed by atoms with Crippen LogP contribution in [0.3, 0.4) is 0 Å². The van der Waals surface area contributed by atoms with Crippen molar-refractivity contribution in [3.05, 3.63) is 29.8 Å². The molecule has 0 aliphatic carbocycles. The average Bonchev–Trinajstić information content (AvgIpc) is 2.53. The summed E-state index contributed by atoms with van der Waals surface area (Å²) >= 11 is 0. The Balaban J connectivity index is 1.86. The van der Waals surface area contributed by atoms with E-state index in [0.717, 1.165) is 43.8 Å². The van der Waals surface area contributed by atoms with Crippen LogP contribution in [0.4, 0.5) is 0 Å². The summed E-state index contributed by atoms with van der Waals surface area (Å²) in [5, 5.41) is 9.05. The van der Waals surface area contributed by atoms with Gasteiger partial charge in [-0.2, -0.15) is 0 Å². The highest BCUT2D eigenvalue weighted by Crippen LogP contribution is 2.23. The van der Waals surface area contributed by atoms with Crippen molar-refractivity contribution in [2.75, 3.05) is 32.9 Å². The Morgan fingerprint density at radius 1 is 1.27 bits per heavy atom. The van der Waals surface area contributed by atoms with Gasteiger partial charge in [-0.15, -0.1) is 0 Å². The number of carbonyl (C=O) groups is 1. The molecule has 1 aliphatic rings. The third-order valence-electron chi connectivity index (χ3n) is 3.99. The molecule has 0 spiro atoms. The van der Waals surface area contributed by atoms with Gasteiger partial charge in [-0.25, -0.2) is 0 Å². The highest BCUT2D eigenvalue weighted by Gasteiger charge is 2.24. The largest absolute Gasteiger partial charge is 0.491 e. The fourth-order valence-electron chi connectivity index (χ4n) is 2.71. The molecule has 0 unspecified atom stereocenters. The summed E-state index contributed by atoms with van der Waals surface area (Å²) in [6, 6.07) is 8.02. The van der Waals surface area contributed by atoms with E-state index < -0.39 is 5.97 Å². The summed E-state index contributed by atoms with van der Waals surface area (Å²) in [6.07, 6.45) is 1.45. The third kappa shape index (κ3) is 5.00. The highest BCUT2D eigenvalue weighted by molar-refractivity contribution is 5.70. The summed E-state index contributed by atoms with van der Waals surface area (Å²) in [5.74, 6) is 0.0378. The van der Waals surface area contributed by atoms with E-state index in [1.165, 1.54) is 0 Å². The number of carboxylic acids is 1. The zero-order valence-electron chi connectivity index (χ0n) is 13.2. The van der Waals surface area contributed by atoms with Crippen molar-refractivity contribution in [2.45, 2.75) is 26.3 Å². The van der Waals surface area contributed by atoms with E-state index in [1.54, 1.807) is 0 Å². The topological polar surface area (TPSA) is 59.0 Å². The summed E-state index contributed by atoms with van der Waals surface area (Å²) in [6.45, 7) is 6.25. The third-order valence-corrected chi connectivity index (χ3v) is 3.99. The molecule has 0 bridgehead atoms. The first kappa shape index (κ1) is 16.8. The molecule has 1 heterocycles. The van der Waals surface area contributed by atoms with Gasteiger partial charge in [0.1, 0.15) is 12.4 Å². The Kier molecular flexibility index (Phi) is 6.68. The number of aliphatic carboxylic acids is 1. The molecule has 5 heteroatoms. The van der Waals surface area contributed by atoms with Crippen molar-refractivity contribution >= 4 is 5.97 Å². The lowest BCUT2D eigenvalue weighted by atomic mass is 9.97. The van der Waals surface area contributed by atoms with Crippen LogP contribution in [0.2, 0.25) is 0 Å². The number of nitrogens with zero attached hydrogens (tertiary/aromatic N) is 1. The molecule has 1 aromatic rings. The molecule has 2 rings (SSSR count). The molecular formula is C17H25NO4. The summed E-state index contributed by atoms with van der Waals surface area (Å²) < 4.78 is 11.1. The second-order valence-corrected chi connectivity index (χ2v) is 5.54. The van der Waals surface area contributed by atoms with Gasteiger partial charge in [-0.3, -0.25) is 9.69 Å². The van der Waals surface area contributed by atoms with Crippen LogP contribution < -0.4 is 4.74 Å². The van der Waals surface area contributed by atoms with Crippen LogP contribution in [-0.4, -0.2) is 48.9 Å². The molecule has 1 fully saturated rings. The minimum absolute atomic E-state index is 0.186. The molecule has 1 saturated heterocycles. The molecule has 1 aliphatic heterocycles. The first-order chi connectivity index (χ1) is 10.7. The lowest BCUT2D eigenvalue weighted by Crippen LogP contribution is -2.35. The Hall–Kier alpha value is -1.59. The molecule has 0 aromatic heterocycles. The maximum Gasteiger partial charge on any atom is 0.306 e. The number of rotatable bonds is 8. The van der Waals surface area contributed by atoms with Crippen LogP contribution >= 0.6 is 0 Å². The van der Waals surface area contributed by atoms with E-state index in [1.807, 2.05) is 25.1 Å². The minimum atomic E-state index is -0.667. The number of para-hydroxylation sites is 1. The van der Waals surface area contributed by atoms with Crippen molar-refractivity contribution in [3.63, 3.8) is 0 Å². The summed E-state index contributed by atoms with van der Waals surface area (Å²) in [4.78, 5) is 13.3. The van der Waals surface area contributed by atoms with Crippen LogP contribution in [-0.2, 0) is 16.1 Å². The minimum Gasteiger partial charge on any atom is -0.491 e. The first-order valence-electron chi connectivity index (χ1n) is 7.94. The molecule has 122 valence electrons. The van der Waals surface area contributed by atoms with E-state index >= 15 is 0 Å². The average molecular weight is 307 g/mol. The lowest BCUT2D eigenvalue weighted by Gasteiger charge is -2.30. The van der Waals surface area contributed by atoms with Crippen LogP contribution in [0, 0.1) is 5.92 Å². The standard InChI is InChI=1S/C17H25NO4/c1-2-21-11-12-22-16-6-4-3-5-15(16)13-18-9-7-14(8-10-18)17(19)20/h3-6,14H,2,7-13H2,1H3,(H,19,20). The van der Waals surface area contributed by atoms with E-state index in [0.29, 0.717) is 19.8 Å². The van der Waals surface area contributed by atoms with E-state index in [9.17, 15) is 4.79 Å². The van der Waals surface area contributed by atoms with Crippen molar-refractivity contribution in [1.82, 2.24) is 4.90 Å². The Morgan fingerprint density at radius 3 is 2.68 bits per heavy atom. The summed E-state index contributed by atoms with van der Waals surface area (Å²) in [7, 11) is 0. The molecular weight excluding hydrogens is 282 g/mol. The molecule has 5 nitrogen and oxygen atoms in total. The smallest absolute Gasteiger partial charge is 0.306 e. The van der Waals surface area contributed by atoms with E-state index in [4.69, 9.17) is 14.6 Å². The second kappa shape index (κ2) is 8.76. The van der Waals surface area contributed by atoms with Gasteiger partial charge in [0.2, 0.25) is 0 Å². The number of piperidine rings is 1. The second-order valence-electron chi connectivity index (χ2n) is 5.54. The molecule has 0 amide bonds.